The summed E-state index contributed by atoms with van der Waals surface area (Å²) in [6.07, 6.45) is 1.84. The SMILES string of the molecule is CCOc1ccccc1OCCCC(=O)NC(CC(C)C)c1nc2ccccc2[nH]1. The second kappa shape index (κ2) is 10.7. The summed E-state index contributed by atoms with van der Waals surface area (Å²) in [7, 11) is 0. The Morgan fingerprint density at radius 1 is 1.07 bits per heavy atom. The number of ether oxygens (including phenoxy) is 2. The molecule has 1 aromatic heterocycles. The smallest absolute Gasteiger partial charge is 0.220 e. The molecule has 6 heteroatoms. The number of para-hydroxylation sites is 4. The molecule has 6 nitrogen and oxygen atoms in total. The first-order valence-corrected chi connectivity index (χ1v) is 10.7. The molecule has 1 heterocycles. The summed E-state index contributed by atoms with van der Waals surface area (Å²) in [5.41, 5.74) is 1.90. The van der Waals surface area contributed by atoms with E-state index in [4.69, 9.17) is 9.47 Å². The van der Waals surface area contributed by atoms with Gasteiger partial charge in [-0.3, -0.25) is 4.79 Å². The quantitative estimate of drug-likeness (QED) is 0.436. The number of nitrogens with one attached hydrogen (secondary N) is 2. The summed E-state index contributed by atoms with van der Waals surface area (Å²) in [5, 5.41) is 3.14. The molecule has 0 fully saturated rings. The van der Waals surface area contributed by atoms with Gasteiger partial charge in [0.2, 0.25) is 5.91 Å². The normalized spacial score (nSPS) is 12.1. The van der Waals surface area contributed by atoms with Crippen LogP contribution in [0.1, 0.15) is 51.9 Å². The van der Waals surface area contributed by atoms with Crippen LogP contribution in [0.3, 0.4) is 0 Å². The Morgan fingerprint density at radius 3 is 2.47 bits per heavy atom. The van der Waals surface area contributed by atoms with Crippen molar-refractivity contribution in [2.75, 3.05) is 13.2 Å². The second-order valence-electron chi connectivity index (χ2n) is 7.72. The minimum Gasteiger partial charge on any atom is -0.490 e. The number of carbonyl (C=O) groups is 1. The van der Waals surface area contributed by atoms with E-state index < -0.39 is 0 Å². The van der Waals surface area contributed by atoms with E-state index in [2.05, 4.69) is 29.1 Å². The van der Waals surface area contributed by atoms with Crippen molar-refractivity contribution in [3.05, 3.63) is 54.4 Å². The Labute approximate surface area is 178 Å². The van der Waals surface area contributed by atoms with E-state index in [1.54, 1.807) is 0 Å². The van der Waals surface area contributed by atoms with Crippen LogP contribution < -0.4 is 14.8 Å². The molecular weight excluding hydrogens is 378 g/mol. The lowest BCUT2D eigenvalue weighted by molar-refractivity contribution is -0.122. The average Bonchev–Trinajstić information content (AvgIpc) is 3.16. The van der Waals surface area contributed by atoms with Gasteiger partial charge in [-0.2, -0.15) is 0 Å². The van der Waals surface area contributed by atoms with E-state index in [1.165, 1.54) is 0 Å². The van der Waals surface area contributed by atoms with Gasteiger partial charge < -0.3 is 19.8 Å². The van der Waals surface area contributed by atoms with E-state index in [0.717, 1.165) is 29.0 Å². The molecule has 0 spiro atoms. The third kappa shape index (κ3) is 5.99. The molecule has 2 N–H and O–H groups in total. The number of aromatic nitrogens is 2. The van der Waals surface area contributed by atoms with E-state index in [1.807, 2.05) is 55.5 Å². The fraction of sp³-hybridized carbons (Fsp3) is 0.417. The van der Waals surface area contributed by atoms with Crippen LogP contribution in [-0.2, 0) is 4.79 Å². The van der Waals surface area contributed by atoms with E-state index in [0.29, 0.717) is 37.7 Å². The Hall–Kier alpha value is -3.02. The molecule has 0 aliphatic carbocycles. The first-order chi connectivity index (χ1) is 14.6. The van der Waals surface area contributed by atoms with E-state index >= 15 is 0 Å². The van der Waals surface area contributed by atoms with Gasteiger partial charge >= 0.3 is 0 Å². The van der Waals surface area contributed by atoms with Crippen molar-refractivity contribution in [1.82, 2.24) is 15.3 Å². The zero-order valence-corrected chi connectivity index (χ0v) is 18.0. The number of amides is 1. The van der Waals surface area contributed by atoms with Crippen LogP contribution in [0.25, 0.3) is 11.0 Å². The molecule has 3 rings (SSSR count). The molecule has 0 saturated heterocycles. The second-order valence-corrected chi connectivity index (χ2v) is 7.72. The number of carbonyl (C=O) groups excluding carboxylic acids is 1. The summed E-state index contributed by atoms with van der Waals surface area (Å²) in [6.45, 7) is 7.27. The molecule has 0 radical (unpaired) electrons. The summed E-state index contributed by atoms with van der Waals surface area (Å²) < 4.78 is 11.4. The monoisotopic (exact) mass is 409 g/mol. The molecule has 0 bridgehead atoms. The van der Waals surface area contributed by atoms with Crippen LogP contribution in [0, 0.1) is 5.92 Å². The summed E-state index contributed by atoms with van der Waals surface area (Å²) >= 11 is 0. The van der Waals surface area contributed by atoms with Crippen molar-refractivity contribution in [3.63, 3.8) is 0 Å². The zero-order chi connectivity index (χ0) is 21.3. The van der Waals surface area contributed by atoms with Gasteiger partial charge in [0, 0.05) is 6.42 Å². The predicted molar refractivity (Wildman–Crippen MR) is 119 cm³/mol. The van der Waals surface area contributed by atoms with E-state index in [9.17, 15) is 4.79 Å². The molecule has 1 unspecified atom stereocenters. The van der Waals surface area contributed by atoms with Gasteiger partial charge in [0.05, 0.1) is 30.3 Å². The molecule has 160 valence electrons. The van der Waals surface area contributed by atoms with Crippen LogP contribution in [0.4, 0.5) is 0 Å². The highest BCUT2D eigenvalue weighted by atomic mass is 16.5. The van der Waals surface area contributed by atoms with Gasteiger partial charge in [0.15, 0.2) is 11.5 Å². The van der Waals surface area contributed by atoms with Gasteiger partial charge in [0.25, 0.3) is 0 Å². The zero-order valence-electron chi connectivity index (χ0n) is 18.0. The third-order valence-electron chi connectivity index (χ3n) is 4.73. The summed E-state index contributed by atoms with van der Waals surface area (Å²) in [6, 6.07) is 15.4. The molecule has 1 amide bonds. The van der Waals surface area contributed by atoms with Crippen molar-refractivity contribution >= 4 is 16.9 Å². The minimum absolute atomic E-state index is 0.00259. The molecule has 0 aliphatic rings. The number of hydrogen-bond donors (Lipinski definition) is 2. The lowest BCUT2D eigenvalue weighted by atomic mass is 10.0. The lowest BCUT2D eigenvalue weighted by Gasteiger charge is -2.19. The van der Waals surface area contributed by atoms with Crippen molar-refractivity contribution in [1.29, 1.82) is 0 Å². The highest BCUT2D eigenvalue weighted by Crippen LogP contribution is 2.26. The third-order valence-corrected chi connectivity index (χ3v) is 4.73. The van der Waals surface area contributed by atoms with Crippen LogP contribution >= 0.6 is 0 Å². The number of fused-ring (bicyclic) bond motifs is 1. The van der Waals surface area contributed by atoms with Crippen molar-refractivity contribution in [2.45, 2.75) is 46.1 Å². The Morgan fingerprint density at radius 2 is 1.77 bits per heavy atom. The lowest BCUT2D eigenvalue weighted by Crippen LogP contribution is -2.30. The maximum absolute atomic E-state index is 12.6. The van der Waals surface area contributed by atoms with Gasteiger partial charge in [-0.25, -0.2) is 4.98 Å². The van der Waals surface area contributed by atoms with Crippen molar-refractivity contribution in [3.8, 4) is 11.5 Å². The number of benzene rings is 2. The maximum Gasteiger partial charge on any atom is 0.220 e. The molecule has 0 aliphatic heterocycles. The van der Waals surface area contributed by atoms with Crippen LogP contribution in [-0.4, -0.2) is 29.1 Å². The fourth-order valence-corrected chi connectivity index (χ4v) is 3.37. The highest BCUT2D eigenvalue weighted by Gasteiger charge is 2.19. The Kier molecular flexibility index (Phi) is 7.71. The number of nitrogens with zero attached hydrogens (tertiary/aromatic N) is 1. The first-order valence-electron chi connectivity index (χ1n) is 10.7. The van der Waals surface area contributed by atoms with Gasteiger partial charge in [-0.15, -0.1) is 0 Å². The molecule has 1 atom stereocenters. The molecule has 0 saturated carbocycles. The Balaban J connectivity index is 1.53. The van der Waals surface area contributed by atoms with Crippen LogP contribution in [0.2, 0.25) is 0 Å². The predicted octanol–water partition coefficient (Wildman–Crippen LogP) is 5.02. The minimum atomic E-state index is -0.135. The molecule has 2 aromatic carbocycles. The maximum atomic E-state index is 12.6. The summed E-state index contributed by atoms with van der Waals surface area (Å²) in [4.78, 5) is 20.6. The van der Waals surface area contributed by atoms with Crippen LogP contribution in [0.15, 0.2) is 48.5 Å². The van der Waals surface area contributed by atoms with Gasteiger partial charge in [-0.1, -0.05) is 38.1 Å². The number of rotatable bonds is 11. The number of hydrogen-bond acceptors (Lipinski definition) is 4. The Bertz CT molecular complexity index is 919. The molecule has 30 heavy (non-hydrogen) atoms. The van der Waals surface area contributed by atoms with Gasteiger partial charge in [0.1, 0.15) is 5.82 Å². The number of aromatic amines is 1. The summed E-state index contributed by atoms with van der Waals surface area (Å²) in [5.74, 6) is 2.68. The van der Waals surface area contributed by atoms with Gasteiger partial charge in [-0.05, 0) is 49.9 Å². The highest BCUT2D eigenvalue weighted by molar-refractivity contribution is 5.77. The molecule has 3 aromatic rings. The van der Waals surface area contributed by atoms with Crippen LogP contribution in [0.5, 0.6) is 11.5 Å². The largest absolute Gasteiger partial charge is 0.490 e. The van der Waals surface area contributed by atoms with Crippen molar-refractivity contribution in [2.24, 2.45) is 5.92 Å². The number of imidazole rings is 1. The first kappa shape index (κ1) is 21.7. The fourth-order valence-electron chi connectivity index (χ4n) is 3.37. The van der Waals surface area contributed by atoms with Crippen molar-refractivity contribution < 1.29 is 14.3 Å². The topological polar surface area (TPSA) is 76.2 Å². The number of H-pyrrole nitrogens is 1. The molecular formula is C24H31N3O3. The average molecular weight is 410 g/mol. The van der Waals surface area contributed by atoms with E-state index in [-0.39, 0.29) is 11.9 Å². The standard InChI is InChI=1S/C24H31N3O3/c1-4-29-21-12-7-8-13-22(21)30-15-9-14-23(28)25-20(16-17(2)3)24-26-18-10-5-6-11-19(18)27-24/h5-8,10-13,17,20H,4,9,14-16H2,1-3H3,(H,25,28)(H,26,27).